The van der Waals surface area contributed by atoms with Crippen molar-refractivity contribution in [3.63, 3.8) is 0 Å². The third-order valence-electron chi connectivity index (χ3n) is 2.39. The van der Waals surface area contributed by atoms with Crippen molar-refractivity contribution in [1.82, 2.24) is 0 Å². The van der Waals surface area contributed by atoms with E-state index >= 15 is 0 Å². The van der Waals surface area contributed by atoms with E-state index < -0.39 is 13.6 Å². The van der Waals surface area contributed by atoms with Crippen LogP contribution in [0.2, 0.25) is 0 Å². The van der Waals surface area contributed by atoms with Crippen LogP contribution >= 0.6 is 7.94 Å². The summed E-state index contributed by atoms with van der Waals surface area (Å²) < 4.78 is 0. The number of rotatable bonds is 2. The zero-order valence-corrected chi connectivity index (χ0v) is 10.3. The second kappa shape index (κ2) is 4.18. The van der Waals surface area contributed by atoms with E-state index in [0.29, 0.717) is 0 Å². The van der Waals surface area contributed by atoms with E-state index in [1.165, 1.54) is 0 Å². The monoisotopic (exact) mass is 230 g/mol. The Kier molecular flexibility index (Phi) is 3.51. The van der Waals surface area contributed by atoms with Gasteiger partial charge in [-0.05, 0) is 0 Å². The molecule has 1 atom stereocenters. The van der Waals surface area contributed by atoms with E-state index in [1.807, 2.05) is 39.0 Å². The Bertz CT molecular complexity index is 297. The van der Waals surface area contributed by atoms with Crippen molar-refractivity contribution in [2.45, 2.75) is 26.4 Å². The molecule has 1 rings (SSSR count). The summed E-state index contributed by atoms with van der Waals surface area (Å²) in [5.41, 5.74) is -0.221. The molecule has 4 heteroatoms. The molecule has 0 aliphatic carbocycles. The van der Waals surface area contributed by atoms with Gasteiger partial charge in [0, 0.05) is 0 Å². The van der Waals surface area contributed by atoms with Crippen molar-refractivity contribution < 1.29 is 14.7 Å². The van der Waals surface area contributed by atoms with Gasteiger partial charge >= 0.3 is 90.4 Å². The van der Waals surface area contributed by atoms with Crippen molar-refractivity contribution >= 4 is 7.94 Å². The molecule has 0 saturated carbocycles. The van der Waals surface area contributed by atoms with Crippen molar-refractivity contribution in [2.75, 3.05) is 0 Å². The first kappa shape index (κ1) is 12.6. The Morgan fingerprint density at radius 3 is 1.80 bits per heavy atom. The third kappa shape index (κ3) is 3.25. The molecule has 3 N–H and O–H groups in total. The zero-order chi connectivity index (χ0) is 11.7. The van der Waals surface area contributed by atoms with Crippen molar-refractivity contribution in [1.29, 1.82) is 0 Å². The molecule has 1 unspecified atom stereocenters. The average Bonchev–Trinajstić information content (AvgIpc) is 2.00. The molecule has 1 aromatic carbocycles. The van der Waals surface area contributed by atoms with E-state index in [4.69, 9.17) is 0 Å². The van der Waals surface area contributed by atoms with Crippen LogP contribution in [-0.2, 0) is 0 Å². The molecule has 0 radical (unpaired) electrons. The molecule has 0 bridgehead atoms. The summed E-state index contributed by atoms with van der Waals surface area (Å²) in [6, 6.07) is 9.13. The molecule has 0 spiro atoms. The molecule has 0 aliphatic rings. The van der Waals surface area contributed by atoms with Crippen LogP contribution in [0.1, 0.15) is 32.0 Å². The number of hydrogen-bond acceptors (Lipinski definition) is 3. The molecule has 0 aromatic heterocycles. The van der Waals surface area contributed by atoms with E-state index in [9.17, 15) is 14.7 Å². The summed E-state index contributed by atoms with van der Waals surface area (Å²) in [7, 11) is -4.16. The van der Waals surface area contributed by atoms with Crippen molar-refractivity contribution in [3.05, 3.63) is 35.9 Å². The Hall–Kier alpha value is -0.470. The predicted octanol–water partition coefficient (Wildman–Crippen LogP) is 2.25. The van der Waals surface area contributed by atoms with Crippen molar-refractivity contribution in [3.8, 4) is 0 Å². The maximum absolute atomic E-state index is 9.52. The van der Waals surface area contributed by atoms with E-state index in [2.05, 4.69) is 0 Å². The number of benzene rings is 1. The molecule has 86 valence electrons. The van der Waals surface area contributed by atoms with Gasteiger partial charge in [0.1, 0.15) is 0 Å². The summed E-state index contributed by atoms with van der Waals surface area (Å²) in [6.45, 7) is 5.65. The maximum atomic E-state index is 9.52. The standard InChI is InChI=1S/C11H19O3P/c1-11(2,3)10(15(12,13)14)9-7-5-4-6-8-9/h4-8,10,12-15H,1-3H3. The quantitative estimate of drug-likeness (QED) is 0.683. The minimum atomic E-state index is -4.16. The normalized spacial score (nSPS) is 16.1. The van der Waals surface area contributed by atoms with Crippen molar-refractivity contribution in [2.24, 2.45) is 5.41 Å². The van der Waals surface area contributed by atoms with Gasteiger partial charge < -0.3 is 0 Å². The molecule has 0 saturated heterocycles. The second-order valence-corrected chi connectivity index (χ2v) is 6.85. The van der Waals surface area contributed by atoms with Crippen LogP contribution in [0.5, 0.6) is 0 Å². The molecule has 1 aromatic rings. The zero-order valence-electron chi connectivity index (χ0n) is 9.31. The Morgan fingerprint density at radius 1 is 1.00 bits per heavy atom. The van der Waals surface area contributed by atoms with Gasteiger partial charge in [-0.2, -0.15) is 0 Å². The molecular formula is C11H19O3P. The molecular weight excluding hydrogens is 211 g/mol. The predicted molar refractivity (Wildman–Crippen MR) is 63.6 cm³/mol. The van der Waals surface area contributed by atoms with E-state index in [1.54, 1.807) is 12.1 Å². The van der Waals surface area contributed by atoms with Gasteiger partial charge in [0.15, 0.2) is 0 Å². The fourth-order valence-electron chi connectivity index (χ4n) is 1.95. The van der Waals surface area contributed by atoms with Crippen LogP contribution in [-0.4, -0.2) is 14.7 Å². The topological polar surface area (TPSA) is 60.7 Å². The Labute approximate surface area is 91.0 Å². The van der Waals surface area contributed by atoms with E-state index in [0.717, 1.165) is 5.56 Å². The third-order valence-corrected chi connectivity index (χ3v) is 4.36. The van der Waals surface area contributed by atoms with Crippen LogP contribution in [0.4, 0.5) is 0 Å². The van der Waals surface area contributed by atoms with Crippen LogP contribution in [0.3, 0.4) is 0 Å². The summed E-state index contributed by atoms with van der Waals surface area (Å²) in [6.07, 6.45) is 0. The summed E-state index contributed by atoms with van der Waals surface area (Å²) >= 11 is 0. The SMILES string of the molecule is CC(C)(C)C(c1ccccc1)[PH](O)(O)O. The van der Waals surface area contributed by atoms with Crippen LogP contribution in [0.25, 0.3) is 0 Å². The van der Waals surface area contributed by atoms with Gasteiger partial charge in [-0.1, -0.05) is 0 Å². The summed E-state index contributed by atoms with van der Waals surface area (Å²) in [5, 5.41) is 0. The first-order chi connectivity index (χ1) is 6.73. The van der Waals surface area contributed by atoms with E-state index in [-0.39, 0.29) is 5.41 Å². The molecule has 3 nitrogen and oxygen atoms in total. The van der Waals surface area contributed by atoms with Gasteiger partial charge in [-0.25, -0.2) is 0 Å². The number of hydrogen-bond donors (Lipinski definition) is 3. The Balaban J connectivity index is 3.15. The second-order valence-electron chi connectivity index (χ2n) is 4.90. The molecule has 0 aliphatic heterocycles. The van der Waals surface area contributed by atoms with Gasteiger partial charge in [-0.3, -0.25) is 0 Å². The molecule has 0 heterocycles. The summed E-state index contributed by atoms with van der Waals surface area (Å²) in [5.74, 6) is 0. The van der Waals surface area contributed by atoms with Crippen LogP contribution in [0, 0.1) is 5.41 Å². The molecule has 0 fully saturated rings. The Morgan fingerprint density at radius 2 is 1.47 bits per heavy atom. The average molecular weight is 230 g/mol. The first-order valence-electron chi connectivity index (χ1n) is 4.95. The van der Waals surface area contributed by atoms with Gasteiger partial charge in [0.25, 0.3) is 0 Å². The first-order valence-corrected chi connectivity index (χ1v) is 6.87. The fraction of sp³-hybridized carbons (Fsp3) is 0.455. The minimum absolute atomic E-state index is 0.383. The van der Waals surface area contributed by atoms with Crippen LogP contribution in [0.15, 0.2) is 30.3 Å². The van der Waals surface area contributed by atoms with Gasteiger partial charge in [-0.15, -0.1) is 0 Å². The summed E-state index contributed by atoms with van der Waals surface area (Å²) in [4.78, 5) is 28.5. The fourth-order valence-corrected chi connectivity index (χ4v) is 3.75. The van der Waals surface area contributed by atoms with Crippen LogP contribution < -0.4 is 0 Å². The van der Waals surface area contributed by atoms with Gasteiger partial charge in [0.05, 0.1) is 0 Å². The molecule has 0 amide bonds. The van der Waals surface area contributed by atoms with Gasteiger partial charge in [0.2, 0.25) is 0 Å². The molecule has 15 heavy (non-hydrogen) atoms.